The van der Waals surface area contributed by atoms with Gasteiger partial charge in [-0.1, -0.05) is 33.8 Å². The van der Waals surface area contributed by atoms with Crippen molar-refractivity contribution < 1.29 is 19.1 Å². The zero-order valence-corrected chi connectivity index (χ0v) is 23.1. The number of Topliss-reactive ketones (excluding diaryl/α,β-unsaturated/α-hetero) is 1. The highest BCUT2D eigenvalue weighted by atomic mass is 32.1. The Labute approximate surface area is 210 Å². The number of fused-ring (bicyclic) bond motifs is 1. The Morgan fingerprint density at radius 3 is 2.63 bits per heavy atom. The lowest BCUT2D eigenvalue weighted by Crippen LogP contribution is -2.66. The summed E-state index contributed by atoms with van der Waals surface area (Å²) in [6.45, 7) is 14.7. The molecule has 0 aromatic carbocycles. The highest BCUT2D eigenvalue weighted by molar-refractivity contribution is 7.19. The number of ketones is 1. The third kappa shape index (κ3) is 4.72. The second-order valence-electron chi connectivity index (χ2n) is 10.9. The molecule has 1 aliphatic heterocycles. The summed E-state index contributed by atoms with van der Waals surface area (Å²) >= 11 is 1.30. The summed E-state index contributed by atoms with van der Waals surface area (Å²) in [4.78, 5) is 35.6. The van der Waals surface area contributed by atoms with Gasteiger partial charge in [0.25, 0.3) is 0 Å². The van der Waals surface area contributed by atoms with E-state index in [0.29, 0.717) is 21.0 Å². The van der Waals surface area contributed by atoms with Crippen LogP contribution in [0, 0.1) is 11.8 Å². The Balaban J connectivity index is 1.52. The number of aliphatic hydroxyl groups excluding tert-OH is 1. The van der Waals surface area contributed by atoms with Crippen LogP contribution in [-0.2, 0) is 9.22 Å². The van der Waals surface area contributed by atoms with Gasteiger partial charge < -0.3 is 14.8 Å². The second-order valence-corrected chi connectivity index (χ2v) is 16.7. The summed E-state index contributed by atoms with van der Waals surface area (Å²) < 4.78 is 8.25. The van der Waals surface area contributed by atoms with E-state index < -0.39 is 20.3 Å². The van der Waals surface area contributed by atoms with E-state index in [1.165, 1.54) is 11.3 Å². The van der Waals surface area contributed by atoms with Crippen molar-refractivity contribution in [1.82, 2.24) is 19.7 Å². The van der Waals surface area contributed by atoms with Crippen molar-refractivity contribution in [1.29, 1.82) is 0 Å². The maximum atomic E-state index is 13.4. The summed E-state index contributed by atoms with van der Waals surface area (Å²) in [6, 6.07) is 3.27. The van der Waals surface area contributed by atoms with Crippen molar-refractivity contribution in [3.63, 3.8) is 0 Å². The number of imidazole rings is 1. The van der Waals surface area contributed by atoms with Crippen LogP contribution in [0.5, 0.6) is 0 Å². The molecule has 4 heterocycles. The van der Waals surface area contributed by atoms with Crippen molar-refractivity contribution in [2.45, 2.75) is 71.0 Å². The number of rotatable bonds is 8. The van der Waals surface area contributed by atoms with Crippen LogP contribution in [0.15, 0.2) is 37.1 Å². The number of carbonyl (C=O) groups excluding carboxylic acids is 2. The van der Waals surface area contributed by atoms with Gasteiger partial charge in [0, 0.05) is 30.1 Å². The molecule has 188 valence electrons. The molecule has 1 aliphatic rings. The molecule has 5 atom stereocenters. The van der Waals surface area contributed by atoms with E-state index in [-0.39, 0.29) is 34.8 Å². The predicted molar refractivity (Wildman–Crippen MR) is 138 cm³/mol. The first kappa shape index (κ1) is 25.7. The average molecular weight is 515 g/mol. The van der Waals surface area contributed by atoms with Gasteiger partial charge in [0.15, 0.2) is 14.1 Å². The number of pyridine rings is 1. The Bertz CT molecular complexity index is 1230. The SMILES string of the molecule is CC(C(=O)c1cn2cnc(C(O)c3cccnc3)c2s1)[C@H]1NC(=O)[C@@H]1[C@@H](C)O[Si](C)(C)C(C)(C)C. The minimum atomic E-state index is -2.06. The van der Waals surface area contributed by atoms with Gasteiger partial charge in [-0.3, -0.25) is 19.0 Å². The average Bonchev–Trinajstić information content (AvgIpc) is 3.36. The smallest absolute Gasteiger partial charge is 0.228 e. The maximum Gasteiger partial charge on any atom is 0.228 e. The number of hydrogen-bond acceptors (Lipinski definition) is 7. The number of hydrogen-bond donors (Lipinski definition) is 2. The molecule has 1 fully saturated rings. The summed E-state index contributed by atoms with van der Waals surface area (Å²) in [6.07, 6.45) is 5.39. The standard InChI is InChI=1S/C25H34N4O4SSi/c1-14(19-18(23(32)28-19)15(2)33-35(6,7)25(3,4)5)21(30)17-12-29-13-27-20(24(29)34-17)22(31)16-9-8-10-26-11-16/h8-15,18-19,22,31H,1-7H3,(H,28,32)/t14?,15-,18-,19-,22?/m1/s1. The molecule has 0 aliphatic carbocycles. The van der Waals surface area contributed by atoms with Crippen LogP contribution in [0.4, 0.5) is 0 Å². The number of amides is 1. The monoisotopic (exact) mass is 514 g/mol. The van der Waals surface area contributed by atoms with Gasteiger partial charge >= 0.3 is 0 Å². The van der Waals surface area contributed by atoms with E-state index in [9.17, 15) is 14.7 Å². The third-order valence-corrected chi connectivity index (χ3v) is 13.2. The van der Waals surface area contributed by atoms with Crippen molar-refractivity contribution in [2.75, 3.05) is 0 Å². The Hall–Kier alpha value is -2.40. The normalized spacial score (nSPS) is 21.3. The van der Waals surface area contributed by atoms with E-state index >= 15 is 0 Å². The molecule has 2 N–H and O–H groups in total. The topological polar surface area (TPSA) is 106 Å². The van der Waals surface area contributed by atoms with Gasteiger partial charge in [0.1, 0.15) is 23.0 Å². The Kier molecular flexibility index (Phi) is 6.78. The fraction of sp³-hybridized carbons (Fsp3) is 0.520. The van der Waals surface area contributed by atoms with E-state index in [1.807, 2.05) is 13.8 Å². The second kappa shape index (κ2) is 9.23. The van der Waals surface area contributed by atoms with Gasteiger partial charge in [0.05, 0.1) is 22.9 Å². The molecular weight excluding hydrogens is 480 g/mol. The van der Waals surface area contributed by atoms with E-state index in [1.54, 1.807) is 41.5 Å². The van der Waals surface area contributed by atoms with Gasteiger partial charge in [-0.05, 0) is 31.1 Å². The molecule has 0 radical (unpaired) electrons. The lowest BCUT2D eigenvalue weighted by molar-refractivity contribution is -0.141. The zero-order chi connectivity index (χ0) is 25.7. The zero-order valence-electron chi connectivity index (χ0n) is 21.3. The molecule has 2 unspecified atom stereocenters. The highest BCUT2D eigenvalue weighted by Gasteiger charge is 2.50. The molecule has 8 nitrogen and oxygen atoms in total. The molecule has 35 heavy (non-hydrogen) atoms. The van der Waals surface area contributed by atoms with Crippen LogP contribution in [0.3, 0.4) is 0 Å². The number of carbonyl (C=O) groups is 2. The van der Waals surface area contributed by atoms with Gasteiger partial charge in [-0.2, -0.15) is 0 Å². The molecule has 3 aromatic rings. The predicted octanol–water partition coefficient (Wildman–Crippen LogP) is 4.22. The largest absolute Gasteiger partial charge is 0.413 e. The van der Waals surface area contributed by atoms with Crippen molar-refractivity contribution in [3.8, 4) is 0 Å². The van der Waals surface area contributed by atoms with Gasteiger partial charge in [-0.15, -0.1) is 11.3 Å². The lowest BCUT2D eigenvalue weighted by Gasteiger charge is -2.46. The number of aromatic nitrogens is 3. The van der Waals surface area contributed by atoms with E-state index in [4.69, 9.17) is 4.43 Å². The molecule has 1 saturated heterocycles. The Morgan fingerprint density at radius 2 is 2.03 bits per heavy atom. The first-order valence-electron chi connectivity index (χ1n) is 11.9. The molecule has 0 saturated carbocycles. The molecule has 1 amide bonds. The summed E-state index contributed by atoms with van der Waals surface area (Å²) in [5, 5.41) is 13.8. The summed E-state index contributed by atoms with van der Waals surface area (Å²) in [7, 11) is -2.06. The first-order valence-corrected chi connectivity index (χ1v) is 15.6. The molecule has 0 bridgehead atoms. The number of thiazole rings is 1. The fourth-order valence-electron chi connectivity index (χ4n) is 4.28. The summed E-state index contributed by atoms with van der Waals surface area (Å²) in [5.41, 5.74) is 1.12. The van der Waals surface area contributed by atoms with Crippen LogP contribution < -0.4 is 5.32 Å². The molecule has 4 rings (SSSR count). The molecule has 10 heteroatoms. The lowest BCUT2D eigenvalue weighted by atomic mass is 9.77. The molecule has 3 aromatic heterocycles. The quantitative estimate of drug-likeness (QED) is 0.265. The van der Waals surface area contributed by atoms with E-state index in [2.05, 4.69) is 49.1 Å². The number of nitrogens with zero attached hydrogens (tertiary/aromatic N) is 3. The minimum absolute atomic E-state index is 0.0311. The van der Waals surface area contributed by atoms with Gasteiger partial charge in [0.2, 0.25) is 5.91 Å². The molecular formula is C25H34N4O4SSi. The van der Waals surface area contributed by atoms with Crippen molar-refractivity contribution >= 4 is 36.2 Å². The van der Waals surface area contributed by atoms with Crippen LogP contribution in [0.25, 0.3) is 4.83 Å². The Morgan fingerprint density at radius 1 is 1.31 bits per heavy atom. The number of aliphatic hydroxyl groups is 1. The maximum absolute atomic E-state index is 13.4. The van der Waals surface area contributed by atoms with E-state index in [0.717, 1.165) is 0 Å². The van der Waals surface area contributed by atoms with Crippen LogP contribution in [-0.4, -0.2) is 51.6 Å². The van der Waals surface area contributed by atoms with Crippen molar-refractivity contribution in [3.05, 3.63) is 53.2 Å². The van der Waals surface area contributed by atoms with Crippen LogP contribution >= 0.6 is 11.3 Å². The van der Waals surface area contributed by atoms with Crippen LogP contribution in [0.2, 0.25) is 18.1 Å². The number of nitrogens with one attached hydrogen (secondary N) is 1. The van der Waals surface area contributed by atoms with Crippen LogP contribution in [0.1, 0.15) is 61.7 Å². The van der Waals surface area contributed by atoms with Crippen molar-refractivity contribution in [2.24, 2.45) is 11.8 Å². The molecule has 0 spiro atoms. The fourth-order valence-corrected chi connectivity index (χ4v) is 6.84. The highest BCUT2D eigenvalue weighted by Crippen LogP contribution is 2.40. The summed E-state index contributed by atoms with van der Waals surface area (Å²) in [5.74, 6) is -0.883. The number of β-lactam (4-membered cyclic amide) rings is 1. The third-order valence-electron chi connectivity index (χ3n) is 7.48. The first-order chi connectivity index (χ1) is 16.3. The van der Waals surface area contributed by atoms with Gasteiger partial charge in [-0.25, -0.2) is 4.98 Å². The minimum Gasteiger partial charge on any atom is -0.413 e.